The van der Waals surface area contributed by atoms with Gasteiger partial charge in [0.25, 0.3) is 0 Å². The molecule has 1 N–H and O–H groups in total. The first-order valence-corrected chi connectivity index (χ1v) is 7.81. The van der Waals surface area contributed by atoms with Crippen molar-refractivity contribution in [3.8, 4) is 6.07 Å². The molecule has 4 heteroatoms. The van der Waals surface area contributed by atoms with E-state index >= 15 is 0 Å². The number of unbranched alkanes of at least 4 members (excludes halogenated alkanes) is 2. The molecule has 0 saturated heterocycles. The second kappa shape index (κ2) is 6.07. The van der Waals surface area contributed by atoms with E-state index in [-0.39, 0.29) is 0 Å². The van der Waals surface area contributed by atoms with Gasteiger partial charge in [-0.05, 0) is 37.1 Å². The maximum absolute atomic E-state index is 9.45. The van der Waals surface area contributed by atoms with E-state index in [1.807, 2.05) is 37.3 Å². The zero-order valence-corrected chi connectivity index (χ0v) is 13.1. The van der Waals surface area contributed by atoms with Crippen molar-refractivity contribution in [2.75, 3.05) is 11.9 Å². The molecule has 0 aliphatic rings. The van der Waals surface area contributed by atoms with Gasteiger partial charge in [-0.3, -0.25) is 4.40 Å². The molecule has 2 heterocycles. The van der Waals surface area contributed by atoms with Crippen LogP contribution < -0.4 is 5.32 Å². The van der Waals surface area contributed by atoms with Crippen LogP contribution in [0.2, 0.25) is 0 Å². The summed E-state index contributed by atoms with van der Waals surface area (Å²) in [6.45, 7) is 5.10. The van der Waals surface area contributed by atoms with Crippen LogP contribution in [0.15, 0.2) is 30.3 Å². The summed E-state index contributed by atoms with van der Waals surface area (Å²) in [7, 11) is 0. The molecule has 0 amide bonds. The van der Waals surface area contributed by atoms with E-state index in [9.17, 15) is 5.26 Å². The normalized spacial score (nSPS) is 11.0. The van der Waals surface area contributed by atoms with Gasteiger partial charge in [-0.1, -0.05) is 31.9 Å². The highest BCUT2D eigenvalue weighted by molar-refractivity contribution is 5.85. The SMILES string of the molecule is CCCCCNc1cc(C)c(C#N)c2nc3ccccc3n12. The topological polar surface area (TPSA) is 53.1 Å². The first-order chi connectivity index (χ1) is 10.8. The lowest BCUT2D eigenvalue weighted by atomic mass is 10.1. The average Bonchev–Trinajstić information content (AvgIpc) is 2.91. The lowest BCUT2D eigenvalue weighted by Gasteiger charge is -2.12. The van der Waals surface area contributed by atoms with Crippen molar-refractivity contribution in [2.24, 2.45) is 0 Å². The summed E-state index contributed by atoms with van der Waals surface area (Å²) < 4.78 is 2.06. The van der Waals surface area contributed by atoms with Crippen LogP contribution in [-0.2, 0) is 0 Å². The van der Waals surface area contributed by atoms with Gasteiger partial charge in [0.2, 0.25) is 0 Å². The number of nitrogens with one attached hydrogen (secondary N) is 1. The van der Waals surface area contributed by atoms with Gasteiger partial charge in [0, 0.05) is 6.54 Å². The Morgan fingerprint density at radius 3 is 2.86 bits per heavy atom. The fourth-order valence-electron chi connectivity index (χ4n) is 2.82. The Balaban J connectivity index is 2.16. The number of hydrogen-bond donors (Lipinski definition) is 1. The number of imidazole rings is 1. The molecule has 0 aliphatic heterocycles. The van der Waals surface area contributed by atoms with Crippen LogP contribution in [0.3, 0.4) is 0 Å². The molecular formula is C18H20N4. The smallest absolute Gasteiger partial charge is 0.157 e. The summed E-state index contributed by atoms with van der Waals surface area (Å²) in [5, 5.41) is 13.0. The standard InChI is InChI=1S/C18H20N4/c1-3-4-7-10-20-17-11-13(2)14(12-19)18-21-15-8-5-6-9-16(15)22(17)18/h5-6,8-9,11,20H,3-4,7,10H2,1-2H3. The molecule has 3 rings (SSSR count). The average molecular weight is 292 g/mol. The maximum atomic E-state index is 9.45. The van der Waals surface area contributed by atoms with Gasteiger partial charge in [0.1, 0.15) is 11.9 Å². The van der Waals surface area contributed by atoms with Gasteiger partial charge in [-0.25, -0.2) is 4.98 Å². The van der Waals surface area contributed by atoms with Crippen LogP contribution in [0.4, 0.5) is 5.82 Å². The molecule has 0 unspecified atom stereocenters. The largest absolute Gasteiger partial charge is 0.371 e. The number of hydrogen-bond acceptors (Lipinski definition) is 3. The molecule has 0 spiro atoms. The summed E-state index contributed by atoms with van der Waals surface area (Å²) >= 11 is 0. The third-order valence-electron chi connectivity index (χ3n) is 3.97. The number of pyridine rings is 1. The Bertz CT molecular complexity index is 855. The number of para-hydroxylation sites is 2. The van der Waals surface area contributed by atoms with E-state index in [2.05, 4.69) is 27.7 Å². The van der Waals surface area contributed by atoms with Crippen molar-refractivity contribution < 1.29 is 0 Å². The van der Waals surface area contributed by atoms with Crippen molar-refractivity contribution in [2.45, 2.75) is 33.1 Å². The van der Waals surface area contributed by atoms with E-state index in [0.717, 1.165) is 41.0 Å². The minimum Gasteiger partial charge on any atom is -0.371 e. The summed E-state index contributed by atoms with van der Waals surface area (Å²) in [6, 6.07) is 12.3. The highest BCUT2D eigenvalue weighted by Crippen LogP contribution is 2.26. The quantitative estimate of drug-likeness (QED) is 0.714. The number of anilines is 1. The van der Waals surface area contributed by atoms with Gasteiger partial charge in [0.05, 0.1) is 16.6 Å². The predicted octanol–water partition coefficient (Wildman–Crippen LogP) is 4.27. The van der Waals surface area contributed by atoms with Crippen molar-refractivity contribution in [3.05, 3.63) is 41.5 Å². The number of benzene rings is 1. The molecule has 3 aromatic rings. The van der Waals surface area contributed by atoms with Gasteiger partial charge in [-0.15, -0.1) is 0 Å². The Morgan fingerprint density at radius 1 is 1.27 bits per heavy atom. The molecule has 0 atom stereocenters. The molecule has 22 heavy (non-hydrogen) atoms. The first-order valence-electron chi connectivity index (χ1n) is 7.81. The fraction of sp³-hybridized carbons (Fsp3) is 0.333. The minimum atomic E-state index is 0.648. The molecule has 112 valence electrons. The third kappa shape index (κ3) is 2.39. The summed E-state index contributed by atoms with van der Waals surface area (Å²) in [6.07, 6.45) is 3.57. The van der Waals surface area contributed by atoms with Crippen LogP contribution in [0, 0.1) is 18.3 Å². The van der Waals surface area contributed by atoms with Crippen LogP contribution in [0.25, 0.3) is 16.7 Å². The van der Waals surface area contributed by atoms with Gasteiger partial charge in [-0.2, -0.15) is 5.26 Å². The van der Waals surface area contributed by atoms with Crippen LogP contribution in [0.1, 0.15) is 37.3 Å². The van der Waals surface area contributed by atoms with E-state index < -0.39 is 0 Å². The summed E-state index contributed by atoms with van der Waals surface area (Å²) in [4.78, 5) is 4.65. The monoisotopic (exact) mass is 292 g/mol. The number of aryl methyl sites for hydroxylation is 1. The number of nitriles is 1. The van der Waals surface area contributed by atoms with Crippen LogP contribution in [-0.4, -0.2) is 15.9 Å². The molecule has 0 radical (unpaired) electrons. The van der Waals surface area contributed by atoms with E-state index in [1.165, 1.54) is 12.8 Å². The maximum Gasteiger partial charge on any atom is 0.157 e. The third-order valence-corrected chi connectivity index (χ3v) is 3.97. The molecule has 0 fully saturated rings. The zero-order valence-electron chi connectivity index (χ0n) is 13.1. The van der Waals surface area contributed by atoms with Crippen molar-refractivity contribution in [3.63, 3.8) is 0 Å². The van der Waals surface area contributed by atoms with Crippen molar-refractivity contribution in [1.29, 1.82) is 5.26 Å². The minimum absolute atomic E-state index is 0.648. The Kier molecular flexibility index (Phi) is 3.97. The lowest BCUT2D eigenvalue weighted by Crippen LogP contribution is -2.07. The molecule has 1 aromatic carbocycles. The molecule has 4 nitrogen and oxygen atoms in total. The van der Waals surface area contributed by atoms with E-state index in [4.69, 9.17) is 0 Å². The summed E-state index contributed by atoms with van der Waals surface area (Å²) in [5.74, 6) is 1.01. The first kappa shape index (κ1) is 14.4. The highest BCUT2D eigenvalue weighted by Gasteiger charge is 2.14. The molecule has 0 aliphatic carbocycles. The van der Waals surface area contributed by atoms with Crippen molar-refractivity contribution in [1.82, 2.24) is 9.38 Å². The second-order valence-corrected chi connectivity index (χ2v) is 5.59. The van der Waals surface area contributed by atoms with E-state index in [0.29, 0.717) is 5.56 Å². The number of rotatable bonds is 5. The number of aromatic nitrogens is 2. The zero-order chi connectivity index (χ0) is 15.5. The fourth-order valence-corrected chi connectivity index (χ4v) is 2.82. The number of fused-ring (bicyclic) bond motifs is 3. The van der Waals surface area contributed by atoms with E-state index in [1.54, 1.807) is 0 Å². The molecule has 2 aromatic heterocycles. The lowest BCUT2D eigenvalue weighted by molar-refractivity contribution is 0.742. The molecule has 0 saturated carbocycles. The van der Waals surface area contributed by atoms with Gasteiger partial charge in [0.15, 0.2) is 5.65 Å². The number of nitrogens with zero attached hydrogens (tertiary/aromatic N) is 3. The molecular weight excluding hydrogens is 272 g/mol. The van der Waals surface area contributed by atoms with Crippen molar-refractivity contribution >= 4 is 22.5 Å². The molecule has 0 bridgehead atoms. The van der Waals surface area contributed by atoms with Crippen LogP contribution >= 0.6 is 0 Å². The predicted molar refractivity (Wildman–Crippen MR) is 90.2 cm³/mol. The van der Waals surface area contributed by atoms with Gasteiger partial charge >= 0.3 is 0 Å². The second-order valence-electron chi connectivity index (χ2n) is 5.59. The summed E-state index contributed by atoms with van der Waals surface area (Å²) in [5.41, 5.74) is 4.30. The van der Waals surface area contributed by atoms with Gasteiger partial charge < -0.3 is 5.32 Å². The van der Waals surface area contributed by atoms with Crippen LogP contribution in [0.5, 0.6) is 0 Å². The Labute approximate surface area is 130 Å². The Hall–Kier alpha value is -2.54. The highest BCUT2D eigenvalue weighted by atomic mass is 15.1. The Morgan fingerprint density at radius 2 is 2.09 bits per heavy atom.